The zero-order chi connectivity index (χ0) is 14.4. The van der Waals surface area contributed by atoms with Gasteiger partial charge in [0.05, 0.1) is 0 Å². The average Bonchev–Trinajstić information content (AvgIpc) is 2.44. The van der Waals surface area contributed by atoms with E-state index in [9.17, 15) is 4.79 Å². The van der Waals surface area contributed by atoms with Crippen molar-refractivity contribution in [3.05, 3.63) is 53.6 Å². The van der Waals surface area contributed by atoms with E-state index in [1.165, 1.54) is 0 Å². The maximum atomic E-state index is 11.7. The Hall–Kier alpha value is -1.99. The van der Waals surface area contributed by atoms with Crippen LogP contribution in [0.25, 0.3) is 0 Å². The third-order valence-corrected chi connectivity index (χ3v) is 3.80. The Morgan fingerprint density at radius 2 is 1.80 bits per heavy atom. The number of amides is 1. The first-order chi connectivity index (χ1) is 9.67. The van der Waals surface area contributed by atoms with Crippen molar-refractivity contribution in [2.75, 3.05) is 5.32 Å². The molecule has 2 aromatic rings. The van der Waals surface area contributed by atoms with Crippen LogP contribution in [0.4, 0.5) is 10.5 Å². The molecular formula is C14H9ClN2O2Se. The van der Waals surface area contributed by atoms with Crippen molar-refractivity contribution < 1.29 is 9.53 Å². The van der Waals surface area contributed by atoms with E-state index in [1.54, 1.807) is 48.5 Å². The predicted molar refractivity (Wildman–Crippen MR) is 78.5 cm³/mol. The molecule has 0 bridgehead atoms. The van der Waals surface area contributed by atoms with Gasteiger partial charge in [-0.15, -0.1) is 0 Å². The molecule has 0 saturated carbocycles. The minimum atomic E-state index is -0.578. The number of nitrogens with zero attached hydrogens (tertiary/aromatic N) is 1. The number of nitriles is 1. The quantitative estimate of drug-likeness (QED) is 0.865. The fraction of sp³-hybridized carbons (Fsp3) is 0. The van der Waals surface area contributed by atoms with E-state index >= 15 is 0 Å². The molecule has 100 valence electrons. The summed E-state index contributed by atoms with van der Waals surface area (Å²) in [4.78, 5) is 13.8. The molecule has 0 atom stereocenters. The molecule has 0 saturated heterocycles. The van der Waals surface area contributed by atoms with Crippen LogP contribution in [-0.4, -0.2) is 21.1 Å². The number of hydrogen-bond acceptors (Lipinski definition) is 3. The Labute approximate surface area is 127 Å². The van der Waals surface area contributed by atoms with Crippen LogP contribution in [0.1, 0.15) is 0 Å². The van der Waals surface area contributed by atoms with E-state index in [-0.39, 0.29) is 15.0 Å². The SMILES string of the molecule is N#C[Se]c1ccc(NC(=O)Oc2ccc(Cl)cc2)cc1. The maximum absolute atomic E-state index is 11.7. The van der Waals surface area contributed by atoms with Gasteiger partial charge < -0.3 is 0 Å². The molecule has 0 aromatic heterocycles. The van der Waals surface area contributed by atoms with Crippen LogP contribution in [0.15, 0.2) is 48.5 Å². The number of ether oxygens (including phenoxy) is 1. The number of benzene rings is 2. The summed E-state index contributed by atoms with van der Waals surface area (Å²) in [5.74, 6) is 0.413. The molecule has 0 aliphatic rings. The normalized spacial score (nSPS) is 9.60. The summed E-state index contributed by atoms with van der Waals surface area (Å²) in [5.41, 5.74) is 0.612. The van der Waals surface area contributed by atoms with E-state index in [4.69, 9.17) is 21.6 Å². The van der Waals surface area contributed by atoms with Crippen molar-refractivity contribution >= 4 is 42.8 Å². The van der Waals surface area contributed by atoms with Gasteiger partial charge in [-0.25, -0.2) is 0 Å². The minimum absolute atomic E-state index is 0.192. The van der Waals surface area contributed by atoms with Crippen LogP contribution in [0.3, 0.4) is 0 Å². The molecule has 0 unspecified atom stereocenters. The second kappa shape index (κ2) is 6.97. The zero-order valence-electron chi connectivity index (χ0n) is 10.2. The van der Waals surface area contributed by atoms with Gasteiger partial charge in [0.1, 0.15) is 0 Å². The standard InChI is InChI=1S/C14H9ClN2O2Se/c15-10-1-5-12(6-2-10)19-14(18)17-11-3-7-13(8-4-11)20-9-16/h1-8H,(H,17,18). The molecule has 0 aliphatic heterocycles. The number of anilines is 1. The first-order valence-electron chi connectivity index (χ1n) is 5.58. The van der Waals surface area contributed by atoms with E-state index in [1.807, 2.05) is 0 Å². The molecule has 1 N–H and O–H groups in total. The molecule has 0 radical (unpaired) electrons. The van der Waals surface area contributed by atoms with Gasteiger partial charge in [-0.1, -0.05) is 0 Å². The number of carbonyl (C=O) groups excluding carboxylic acids is 1. The summed E-state index contributed by atoms with van der Waals surface area (Å²) in [7, 11) is 0. The van der Waals surface area contributed by atoms with Crippen LogP contribution in [-0.2, 0) is 0 Å². The molecule has 2 rings (SSSR count). The van der Waals surface area contributed by atoms with Crippen LogP contribution >= 0.6 is 11.6 Å². The summed E-state index contributed by atoms with van der Waals surface area (Å²) in [6.45, 7) is 0. The number of carbonyl (C=O) groups is 1. The third kappa shape index (κ3) is 4.29. The molecule has 2 aromatic carbocycles. The van der Waals surface area contributed by atoms with E-state index in [0.29, 0.717) is 16.5 Å². The van der Waals surface area contributed by atoms with Crippen molar-refractivity contribution in [2.45, 2.75) is 0 Å². The summed E-state index contributed by atoms with van der Waals surface area (Å²) < 4.78 is 6.05. The Balaban J connectivity index is 1.94. The molecule has 0 heterocycles. The van der Waals surface area contributed by atoms with Gasteiger partial charge in [0.15, 0.2) is 0 Å². The summed E-state index contributed by atoms with van der Waals surface area (Å²) in [6.07, 6.45) is -0.578. The van der Waals surface area contributed by atoms with Crippen LogP contribution in [0.2, 0.25) is 5.02 Å². The molecular weight excluding hydrogens is 343 g/mol. The second-order valence-electron chi connectivity index (χ2n) is 3.69. The van der Waals surface area contributed by atoms with Crippen molar-refractivity contribution in [3.8, 4) is 10.7 Å². The summed E-state index contributed by atoms with van der Waals surface area (Å²) >= 11 is 5.55. The first-order valence-corrected chi connectivity index (χ1v) is 7.67. The summed E-state index contributed by atoms with van der Waals surface area (Å²) in [6, 6.07) is 13.6. The van der Waals surface area contributed by atoms with Gasteiger partial charge in [-0.2, -0.15) is 0 Å². The van der Waals surface area contributed by atoms with Gasteiger partial charge >= 0.3 is 127 Å². The van der Waals surface area contributed by atoms with Crippen molar-refractivity contribution in [1.82, 2.24) is 0 Å². The Bertz CT molecular complexity index is 636. The second-order valence-corrected chi connectivity index (χ2v) is 5.92. The number of halogens is 1. The van der Waals surface area contributed by atoms with Gasteiger partial charge in [0.2, 0.25) is 0 Å². The van der Waals surface area contributed by atoms with Crippen LogP contribution < -0.4 is 14.5 Å². The predicted octanol–water partition coefficient (Wildman–Crippen LogP) is 2.76. The molecule has 0 aliphatic carbocycles. The Morgan fingerprint density at radius 1 is 1.15 bits per heavy atom. The number of hydrogen-bond donors (Lipinski definition) is 1. The summed E-state index contributed by atoms with van der Waals surface area (Å²) in [5, 5.41) is 11.8. The van der Waals surface area contributed by atoms with Gasteiger partial charge in [-0.3, -0.25) is 0 Å². The monoisotopic (exact) mass is 352 g/mol. The Morgan fingerprint density at radius 3 is 2.40 bits per heavy atom. The first kappa shape index (κ1) is 14.4. The van der Waals surface area contributed by atoms with Crippen molar-refractivity contribution in [3.63, 3.8) is 0 Å². The topological polar surface area (TPSA) is 62.1 Å². The average molecular weight is 352 g/mol. The van der Waals surface area contributed by atoms with Gasteiger partial charge in [-0.05, 0) is 0 Å². The van der Waals surface area contributed by atoms with E-state index < -0.39 is 6.09 Å². The van der Waals surface area contributed by atoms with E-state index in [0.717, 1.165) is 4.46 Å². The fourth-order valence-electron chi connectivity index (χ4n) is 1.41. The molecule has 0 spiro atoms. The van der Waals surface area contributed by atoms with E-state index in [2.05, 4.69) is 10.3 Å². The molecule has 1 amide bonds. The molecule has 6 heteroatoms. The van der Waals surface area contributed by atoms with Crippen LogP contribution in [0, 0.1) is 10.2 Å². The van der Waals surface area contributed by atoms with Gasteiger partial charge in [0, 0.05) is 0 Å². The van der Waals surface area contributed by atoms with Gasteiger partial charge in [0.25, 0.3) is 0 Å². The van der Waals surface area contributed by atoms with Crippen LogP contribution in [0.5, 0.6) is 5.75 Å². The fourth-order valence-corrected chi connectivity index (χ4v) is 2.33. The Kier molecular flexibility index (Phi) is 5.03. The zero-order valence-corrected chi connectivity index (χ0v) is 12.6. The van der Waals surface area contributed by atoms with Crippen molar-refractivity contribution in [2.24, 2.45) is 0 Å². The third-order valence-electron chi connectivity index (χ3n) is 2.29. The molecule has 20 heavy (non-hydrogen) atoms. The molecule has 0 fully saturated rings. The number of nitrogens with one attached hydrogen (secondary N) is 1. The van der Waals surface area contributed by atoms with Crippen molar-refractivity contribution in [1.29, 1.82) is 5.26 Å². The number of rotatable bonds is 3. The molecule has 4 nitrogen and oxygen atoms in total.